The normalized spacial score (nSPS) is 13.9. The number of unbranched alkanes of at least 4 members (excludes halogenated alkanes) is 18. The van der Waals surface area contributed by atoms with Crippen molar-refractivity contribution in [1.29, 1.82) is 0 Å². The first-order valence-electron chi connectivity index (χ1n) is 17.8. The molecule has 0 aromatic heterocycles. The van der Waals surface area contributed by atoms with E-state index in [0.29, 0.717) is 23.9 Å². The summed E-state index contributed by atoms with van der Waals surface area (Å²) in [5.41, 5.74) is 0. The number of hydrogen-bond donors (Lipinski definition) is 1. The van der Waals surface area contributed by atoms with Gasteiger partial charge in [0.2, 0.25) is 0 Å². The van der Waals surface area contributed by atoms with Crippen LogP contribution in [-0.4, -0.2) is 74.9 Å². The summed E-state index contributed by atoms with van der Waals surface area (Å²) in [4.78, 5) is 34.9. The molecule has 1 N–H and O–H groups in total. The van der Waals surface area contributed by atoms with Crippen LogP contribution in [0.15, 0.2) is 0 Å². The molecule has 0 amide bonds. The third-order valence-corrected chi connectivity index (χ3v) is 8.62. The van der Waals surface area contributed by atoms with Crippen molar-refractivity contribution in [3.63, 3.8) is 0 Å². The Labute approximate surface area is 270 Å². The van der Waals surface area contributed by atoms with Crippen molar-refractivity contribution >= 4 is 19.8 Å². The lowest BCUT2D eigenvalue weighted by Gasteiger charge is -2.24. The Morgan fingerprint density at radius 1 is 0.614 bits per heavy atom. The molecule has 0 saturated carbocycles. The Bertz CT molecular complexity index is 743. The highest BCUT2D eigenvalue weighted by atomic mass is 31.2. The third kappa shape index (κ3) is 31.0. The second kappa shape index (κ2) is 28.3. The predicted molar refractivity (Wildman–Crippen MR) is 178 cm³/mol. The minimum absolute atomic E-state index is 0.0359. The summed E-state index contributed by atoms with van der Waals surface area (Å²) in [5, 5.41) is 0. The van der Waals surface area contributed by atoms with Crippen LogP contribution in [0.1, 0.15) is 155 Å². The van der Waals surface area contributed by atoms with E-state index in [0.717, 1.165) is 32.1 Å². The number of nitrogens with zero attached hydrogens (tertiary/aromatic N) is 1. The van der Waals surface area contributed by atoms with Gasteiger partial charge in [-0.3, -0.25) is 18.6 Å². The van der Waals surface area contributed by atoms with Gasteiger partial charge in [-0.15, -0.1) is 0 Å². The molecular formula is C34H69NO8P+. The zero-order valence-corrected chi connectivity index (χ0v) is 30.1. The maximum atomic E-state index is 12.5. The van der Waals surface area contributed by atoms with Crippen LogP contribution in [-0.2, 0) is 32.7 Å². The lowest BCUT2D eigenvalue weighted by molar-refractivity contribution is -0.870. The molecule has 262 valence electrons. The van der Waals surface area contributed by atoms with Crippen molar-refractivity contribution in [1.82, 2.24) is 0 Å². The van der Waals surface area contributed by atoms with E-state index in [1.165, 1.54) is 89.9 Å². The molecule has 0 aromatic rings. The van der Waals surface area contributed by atoms with Crippen LogP contribution in [0.4, 0.5) is 0 Å². The number of phosphoric ester groups is 1. The van der Waals surface area contributed by atoms with E-state index >= 15 is 0 Å². The number of rotatable bonds is 32. The van der Waals surface area contributed by atoms with E-state index in [-0.39, 0.29) is 25.6 Å². The average Bonchev–Trinajstić information content (AvgIpc) is 2.95. The predicted octanol–water partition coefficient (Wildman–Crippen LogP) is 8.90. The number of esters is 2. The zero-order valence-electron chi connectivity index (χ0n) is 29.2. The molecule has 0 rings (SSSR count). The number of carbonyl (C=O) groups excluding carboxylic acids is 2. The summed E-state index contributed by atoms with van der Waals surface area (Å²) in [6.45, 7) is 4.36. The average molecular weight is 651 g/mol. The van der Waals surface area contributed by atoms with Gasteiger partial charge in [0.25, 0.3) is 0 Å². The van der Waals surface area contributed by atoms with E-state index in [2.05, 4.69) is 13.8 Å². The van der Waals surface area contributed by atoms with Crippen molar-refractivity contribution in [3.05, 3.63) is 0 Å². The summed E-state index contributed by atoms with van der Waals surface area (Å²) < 4.78 is 34.0. The summed E-state index contributed by atoms with van der Waals surface area (Å²) in [5.74, 6) is -0.800. The van der Waals surface area contributed by atoms with Gasteiger partial charge in [-0.1, -0.05) is 129 Å². The Balaban J connectivity index is 4.42. The Hall–Kier alpha value is -0.990. The molecule has 0 aromatic carbocycles. The van der Waals surface area contributed by atoms with E-state index in [4.69, 9.17) is 18.5 Å². The first-order chi connectivity index (χ1) is 21.0. The number of likely N-dealkylation sites (N-methyl/N-ethyl adjacent to an activating group) is 1. The van der Waals surface area contributed by atoms with Crippen LogP contribution in [0.25, 0.3) is 0 Å². The largest absolute Gasteiger partial charge is 0.472 e. The highest BCUT2D eigenvalue weighted by molar-refractivity contribution is 7.47. The van der Waals surface area contributed by atoms with Gasteiger partial charge in [0.05, 0.1) is 27.7 Å². The second-order valence-corrected chi connectivity index (χ2v) is 14.7. The van der Waals surface area contributed by atoms with Crippen molar-refractivity contribution in [2.75, 3.05) is 47.5 Å². The second-order valence-electron chi connectivity index (χ2n) is 13.3. The number of hydrogen-bond acceptors (Lipinski definition) is 7. The Morgan fingerprint density at radius 2 is 1.02 bits per heavy atom. The van der Waals surface area contributed by atoms with Gasteiger partial charge in [-0.25, -0.2) is 4.57 Å². The maximum absolute atomic E-state index is 12.5. The molecule has 0 aliphatic rings. The highest BCUT2D eigenvalue weighted by Crippen LogP contribution is 2.43. The van der Waals surface area contributed by atoms with Crippen LogP contribution < -0.4 is 0 Å². The van der Waals surface area contributed by atoms with E-state index in [1.807, 2.05) is 21.1 Å². The van der Waals surface area contributed by atoms with Crippen LogP contribution in [0, 0.1) is 0 Å². The molecular weight excluding hydrogens is 581 g/mol. The van der Waals surface area contributed by atoms with Gasteiger partial charge in [0.1, 0.15) is 19.8 Å². The van der Waals surface area contributed by atoms with E-state index in [1.54, 1.807) is 0 Å². The van der Waals surface area contributed by atoms with Gasteiger partial charge >= 0.3 is 19.8 Å². The molecule has 0 bridgehead atoms. The van der Waals surface area contributed by atoms with Gasteiger partial charge in [-0.05, 0) is 12.8 Å². The van der Waals surface area contributed by atoms with E-state index < -0.39 is 26.5 Å². The van der Waals surface area contributed by atoms with Crippen LogP contribution >= 0.6 is 7.82 Å². The zero-order chi connectivity index (χ0) is 32.9. The molecule has 9 nitrogen and oxygen atoms in total. The molecule has 1 unspecified atom stereocenters. The standard InChI is InChI=1S/C34H68NO8P/c1-6-8-10-12-14-15-16-17-18-19-21-23-25-27-34(37)43-32(31-42-44(38,39)41-29-28-35(3,4)5)30-40-33(36)26-24-22-20-13-11-9-7-2/h32H,6-31H2,1-5H3/p+1/t32-/m1/s1. The topological polar surface area (TPSA) is 108 Å². The first-order valence-corrected chi connectivity index (χ1v) is 19.3. The van der Waals surface area contributed by atoms with E-state index in [9.17, 15) is 19.0 Å². The molecule has 0 heterocycles. The third-order valence-electron chi connectivity index (χ3n) is 7.64. The Kier molecular flexibility index (Phi) is 27.6. The lowest BCUT2D eigenvalue weighted by Crippen LogP contribution is -2.37. The van der Waals surface area contributed by atoms with Crippen molar-refractivity contribution in [3.8, 4) is 0 Å². The fourth-order valence-corrected chi connectivity index (χ4v) is 5.52. The minimum Gasteiger partial charge on any atom is -0.462 e. The molecule has 0 spiro atoms. The Morgan fingerprint density at radius 3 is 1.45 bits per heavy atom. The smallest absolute Gasteiger partial charge is 0.462 e. The maximum Gasteiger partial charge on any atom is 0.472 e. The quantitative estimate of drug-likeness (QED) is 0.0333. The molecule has 10 heteroatoms. The molecule has 0 saturated heterocycles. The van der Waals surface area contributed by atoms with Crippen LogP contribution in [0.3, 0.4) is 0 Å². The summed E-state index contributed by atoms with van der Waals surface area (Å²) in [7, 11) is 1.48. The summed E-state index contributed by atoms with van der Waals surface area (Å²) >= 11 is 0. The summed E-state index contributed by atoms with van der Waals surface area (Å²) in [6.07, 6.45) is 23.0. The van der Waals surface area contributed by atoms with Gasteiger partial charge in [-0.2, -0.15) is 0 Å². The number of carbonyl (C=O) groups is 2. The van der Waals surface area contributed by atoms with Crippen LogP contribution in [0.5, 0.6) is 0 Å². The van der Waals surface area contributed by atoms with Gasteiger partial charge in [0.15, 0.2) is 6.10 Å². The highest BCUT2D eigenvalue weighted by Gasteiger charge is 2.27. The van der Waals surface area contributed by atoms with Gasteiger partial charge in [0, 0.05) is 12.8 Å². The molecule has 44 heavy (non-hydrogen) atoms. The van der Waals surface area contributed by atoms with Crippen LogP contribution in [0.2, 0.25) is 0 Å². The first kappa shape index (κ1) is 43.0. The van der Waals surface area contributed by atoms with Crippen molar-refractivity contribution in [2.45, 2.75) is 161 Å². The van der Waals surface area contributed by atoms with Gasteiger partial charge < -0.3 is 18.9 Å². The molecule has 0 aliphatic carbocycles. The molecule has 0 radical (unpaired) electrons. The fraction of sp³-hybridized carbons (Fsp3) is 0.941. The molecule has 0 fully saturated rings. The summed E-state index contributed by atoms with van der Waals surface area (Å²) in [6, 6.07) is 0. The number of quaternary nitrogens is 1. The molecule has 0 aliphatic heterocycles. The minimum atomic E-state index is -4.35. The van der Waals surface area contributed by atoms with Crippen molar-refractivity contribution in [2.24, 2.45) is 0 Å². The number of ether oxygens (including phenoxy) is 2. The van der Waals surface area contributed by atoms with Crippen molar-refractivity contribution < 1.29 is 42.1 Å². The number of phosphoric acid groups is 1. The molecule has 2 atom stereocenters. The fourth-order valence-electron chi connectivity index (χ4n) is 4.78. The monoisotopic (exact) mass is 650 g/mol. The SMILES string of the molecule is CCCCCCCCCCCCCCCC(=O)O[C@H](COC(=O)CCCCCCCCC)COP(=O)(O)OCC[N+](C)(C)C. The lowest BCUT2D eigenvalue weighted by atomic mass is 10.0.